The van der Waals surface area contributed by atoms with Crippen molar-refractivity contribution < 1.29 is 38.4 Å². The normalized spacial score (nSPS) is 22.6. The van der Waals surface area contributed by atoms with Gasteiger partial charge in [0.1, 0.15) is 18.3 Å². The number of aliphatic hydroxyl groups excluding tert-OH is 2. The smallest absolute Gasteiger partial charge is 0.313 e. The van der Waals surface area contributed by atoms with Gasteiger partial charge in [-0.15, -0.1) is 0 Å². The largest absolute Gasteiger partial charge is 0.756 e. The molecule has 0 bridgehead atoms. The van der Waals surface area contributed by atoms with E-state index in [1.165, 1.54) is 30.5 Å². The number of halogens is 1. The summed E-state index contributed by atoms with van der Waals surface area (Å²) in [4.78, 5) is 41.2. The summed E-state index contributed by atoms with van der Waals surface area (Å²) in [5.74, 6) is -0.180. The van der Waals surface area contributed by atoms with Gasteiger partial charge in [0, 0.05) is 5.02 Å². The van der Waals surface area contributed by atoms with Crippen LogP contribution >= 0.6 is 19.4 Å². The molecule has 1 unspecified atom stereocenters. The fourth-order valence-electron chi connectivity index (χ4n) is 4.20. The fraction of sp³-hybridized carbons (Fsp3) is 0.522. The summed E-state index contributed by atoms with van der Waals surface area (Å²) in [5, 5.41) is 21.3. The summed E-state index contributed by atoms with van der Waals surface area (Å²) in [5.41, 5.74) is 6.14. The van der Waals surface area contributed by atoms with E-state index < -0.39 is 44.5 Å². The number of nitrogen functional groups attached to an aromatic ring is 1. The van der Waals surface area contributed by atoms with Gasteiger partial charge in [-0.3, -0.25) is 18.9 Å². The molecule has 3 heterocycles. The number of rotatable bonds is 9. The molecular weight excluding hydrogens is 555 g/mol. The number of benzene rings is 1. The minimum absolute atomic E-state index is 0.0645. The van der Waals surface area contributed by atoms with Crippen LogP contribution in [0.1, 0.15) is 32.6 Å². The van der Waals surface area contributed by atoms with Gasteiger partial charge in [0.15, 0.2) is 6.33 Å². The van der Waals surface area contributed by atoms with E-state index in [4.69, 9.17) is 27.0 Å². The second-order valence-electron chi connectivity index (χ2n) is 8.83. The maximum atomic E-state index is 12.6. The van der Waals surface area contributed by atoms with E-state index in [2.05, 4.69) is 40.2 Å². The maximum Gasteiger partial charge on any atom is 0.313 e. The molecule has 16 heteroatoms. The first-order valence-corrected chi connectivity index (χ1v) is 14.2. The van der Waals surface area contributed by atoms with Crippen molar-refractivity contribution in [2.75, 3.05) is 32.0 Å². The lowest BCUT2D eigenvalue weighted by molar-refractivity contribution is -0.745. The number of hydrogen-bond donors (Lipinski definition) is 5. The molecule has 1 saturated heterocycles. The molecule has 5 atom stereocenters. The Bertz CT molecular complexity index is 1340. The molecule has 0 spiro atoms. The van der Waals surface area contributed by atoms with Gasteiger partial charge >= 0.3 is 5.65 Å². The summed E-state index contributed by atoms with van der Waals surface area (Å²) in [6, 6.07) is 6.92. The molecule has 216 valence electrons. The Morgan fingerprint density at radius 3 is 2.38 bits per heavy atom. The molecular formula is C23H34ClN6O8P. The number of ether oxygens (including phenoxy) is 1. The predicted octanol–water partition coefficient (Wildman–Crippen LogP) is -0.259. The first kappa shape index (κ1) is 31.1. The third-order valence-corrected chi connectivity index (χ3v) is 7.04. The minimum atomic E-state index is -5.06. The van der Waals surface area contributed by atoms with E-state index >= 15 is 0 Å². The molecule has 1 aromatic carbocycles. The summed E-state index contributed by atoms with van der Waals surface area (Å²) < 4.78 is 23.6. The van der Waals surface area contributed by atoms with Gasteiger partial charge in [0.05, 0.1) is 13.2 Å². The van der Waals surface area contributed by atoms with Gasteiger partial charge in [0.25, 0.3) is 19.3 Å². The zero-order valence-corrected chi connectivity index (χ0v) is 23.5. The Hall–Kier alpha value is -2.39. The van der Waals surface area contributed by atoms with Crippen LogP contribution in [-0.2, 0) is 20.4 Å². The SMILES string of the molecule is CCN(CC)CC.Nc1nc2c(c(=O)[nH]1)n(Cc1ccc(Cl)cc1)c[n+]2[C@@H]1O[C@H](COP(=O)([O-])O)[C@@H](O)[C@H]1O. The number of phosphoric ester groups is 1. The van der Waals surface area contributed by atoms with Crippen LogP contribution < -0.4 is 20.8 Å². The number of nitrogens with one attached hydrogen (secondary N) is 1. The highest BCUT2D eigenvalue weighted by molar-refractivity contribution is 7.44. The van der Waals surface area contributed by atoms with Crippen molar-refractivity contribution in [3.8, 4) is 0 Å². The number of anilines is 1. The molecule has 4 rings (SSSR count). The average Bonchev–Trinajstić information content (AvgIpc) is 3.37. The lowest BCUT2D eigenvalue weighted by Crippen LogP contribution is -2.46. The first-order chi connectivity index (χ1) is 18.4. The molecule has 2 aromatic heterocycles. The van der Waals surface area contributed by atoms with Gasteiger partial charge in [-0.1, -0.05) is 49.5 Å². The number of fused-ring (bicyclic) bond motifs is 1. The summed E-state index contributed by atoms with van der Waals surface area (Å²) in [7, 11) is -5.06. The van der Waals surface area contributed by atoms with E-state index in [0.29, 0.717) is 5.02 Å². The number of nitrogens with zero attached hydrogens (tertiary/aromatic N) is 4. The topological polar surface area (TPSA) is 203 Å². The maximum absolute atomic E-state index is 12.6. The number of aromatic amines is 1. The van der Waals surface area contributed by atoms with Gasteiger partial charge in [-0.05, 0) is 37.3 Å². The summed E-state index contributed by atoms with van der Waals surface area (Å²) in [6.07, 6.45) is -4.17. The van der Waals surface area contributed by atoms with Gasteiger partial charge in [-0.25, -0.2) is 4.57 Å². The molecule has 6 N–H and O–H groups in total. The Morgan fingerprint density at radius 1 is 1.23 bits per heavy atom. The molecule has 14 nitrogen and oxygen atoms in total. The highest BCUT2D eigenvalue weighted by Gasteiger charge is 2.47. The second-order valence-corrected chi connectivity index (χ2v) is 10.5. The van der Waals surface area contributed by atoms with Gasteiger partial charge < -0.3 is 39.9 Å². The molecule has 1 aliphatic heterocycles. The fourth-order valence-corrected chi connectivity index (χ4v) is 4.66. The quantitative estimate of drug-likeness (QED) is 0.163. The highest BCUT2D eigenvalue weighted by Crippen LogP contribution is 2.34. The monoisotopic (exact) mass is 588 g/mol. The van der Waals surface area contributed by atoms with Crippen LogP contribution in [-0.4, -0.2) is 79.1 Å². The zero-order valence-electron chi connectivity index (χ0n) is 21.8. The van der Waals surface area contributed by atoms with E-state index in [9.17, 15) is 24.5 Å². The van der Waals surface area contributed by atoms with Crippen LogP contribution in [0.5, 0.6) is 0 Å². The molecule has 1 aliphatic rings. The van der Waals surface area contributed by atoms with Crippen molar-refractivity contribution in [3.05, 3.63) is 51.5 Å². The number of aromatic nitrogens is 4. The van der Waals surface area contributed by atoms with Crippen LogP contribution in [0, 0.1) is 0 Å². The molecule has 0 radical (unpaired) electrons. The van der Waals surface area contributed by atoms with Crippen molar-refractivity contribution in [3.63, 3.8) is 0 Å². The van der Waals surface area contributed by atoms with Crippen LogP contribution in [0.25, 0.3) is 11.2 Å². The second kappa shape index (κ2) is 13.3. The van der Waals surface area contributed by atoms with Crippen LogP contribution in [0.3, 0.4) is 0 Å². The molecule has 39 heavy (non-hydrogen) atoms. The van der Waals surface area contributed by atoms with Crippen molar-refractivity contribution in [2.45, 2.75) is 51.9 Å². The summed E-state index contributed by atoms with van der Waals surface area (Å²) >= 11 is 5.92. The van der Waals surface area contributed by atoms with E-state index in [-0.39, 0.29) is 23.7 Å². The van der Waals surface area contributed by atoms with Crippen LogP contribution in [0.2, 0.25) is 5.02 Å². The minimum Gasteiger partial charge on any atom is -0.756 e. The van der Waals surface area contributed by atoms with E-state index in [1.807, 2.05) is 0 Å². The molecule has 1 fully saturated rings. The molecule has 3 aromatic rings. The van der Waals surface area contributed by atoms with Crippen molar-refractivity contribution in [2.24, 2.45) is 0 Å². The summed E-state index contributed by atoms with van der Waals surface area (Å²) in [6.45, 7) is 9.63. The third-order valence-electron chi connectivity index (χ3n) is 6.31. The van der Waals surface area contributed by atoms with Crippen LogP contribution in [0.4, 0.5) is 5.95 Å². The first-order valence-electron chi connectivity index (χ1n) is 12.3. The zero-order chi connectivity index (χ0) is 28.9. The van der Waals surface area contributed by atoms with Gasteiger partial charge in [-0.2, -0.15) is 0 Å². The third kappa shape index (κ3) is 7.84. The van der Waals surface area contributed by atoms with E-state index in [1.54, 1.807) is 28.8 Å². The molecule has 0 amide bonds. The number of phosphoric acid groups is 1. The lowest BCUT2D eigenvalue weighted by atomic mass is 10.1. The predicted molar refractivity (Wildman–Crippen MR) is 141 cm³/mol. The standard InChI is InChI=1S/C17H19ClN5O8P.C6H15N/c18-9-3-1-8(2-4-9)5-22-7-23(14-11(22)15(26)21-17(19)20-14)16-13(25)12(24)10(31-16)6-30-32(27,28)29;1-4-7(5-2)6-3/h1-4,7,10,12-13,16,24-25H,5-6H2,(H4-,19,20,21,26,27,28,29);4-6H2,1-3H3/t10-,12-,13-,16-;/m1./s1. The highest BCUT2D eigenvalue weighted by atomic mass is 35.5. The number of H-pyrrole nitrogens is 1. The Kier molecular flexibility index (Phi) is 10.6. The number of aliphatic hydroxyl groups is 2. The van der Waals surface area contributed by atoms with Crippen molar-refractivity contribution in [1.82, 2.24) is 19.4 Å². The lowest BCUT2D eigenvalue weighted by Gasteiger charge is -2.19. The number of hydrogen-bond acceptors (Lipinski definition) is 10. The Labute approximate surface area is 229 Å². The average molecular weight is 589 g/mol. The number of imidazole rings is 1. The Balaban J connectivity index is 0.000000532. The number of nitrogens with two attached hydrogens (primary N) is 1. The van der Waals surface area contributed by atoms with Crippen molar-refractivity contribution >= 4 is 36.5 Å². The van der Waals surface area contributed by atoms with Crippen molar-refractivity contribution in [1.29, 1.82) is 0 Å². The van der Waals surface area contributed by atoms with Crippen LogP contribution in [0.15, 0.2) is 35.4 Å². The molecule has 0 saturated carbocycles. The molecule has 0 aliphatic carbocycles. The van der Waals surface area contributed by atoms with E-state index in [0.717, 1.165) is 5.56 Å². The Morgan fingerprint density at radius 2 is 1.85 bits per heavy atom. The van der Waals surface area contributed by atoms with Gasteiger partial charge in [0.2, 0.25) is 11.7 Å².